The van der Waals surface area contributed by atoms with E-state index < -0.39 is 113 Å². The van der Waals surface area contributed by atoms with E-state index in [1.54, 1.807) is 58.0 Å². The van der Waals surface area contributed by atoms with Crippen LogP contribution in [0.2, 0.25) is 0 Å². The lowest BCUT2D eigenvalue weighted by molar-refractivity contribution is -0.145. The highest BCUT2D eigenvalue weighted by Crippen LogP contribution is 2.21. The van der Waals surface area contributed by atoms with Crippen LogP contribution in [0.15, 0.2) is 72.1 Å². The predicted molar refractivity (Wildman–Crippen MR) is 284 cm³/mol. The molecule has 1 aromatic heterocycles. The Hall–Kier alpha value is -8.09. The third-order valence-electron chi connectivity index (χ3n) is 13.2. The number of hydrogen-bond donors (Lipinski definition) is 12. The first kappa shape index (κ1) is 61.5. The zero-order chi connectivity index (χ0) is 56.9. The number of nitrogens with zero attached hydrogens (tertiary/aromatic N) is 4. The number of phenols is 1. The largest absolute Gasteiger partial charge is 0.508 e. The third-order valence-corrected chi connectivity index (χ3v) is 13.2. The summed E-state index contributed by atoms with van der Waals surface area (Å²) >= 11 is 0. The molecule has 4 rings (SSSR count). The van der Waals surface area contributed by atoms with Gasteiger partial charge in [0.05, 0.1) is 18.8 Å². The summed E-state index contributed by atoms with van der Waals surface area (Å²) in [7, 11) is 3.00. The smallest absolute Gasteiger partial charge is 0.326 e. The summed E-state index contributed by atoms with van der Waals surface area (Å²) in [5, 5.41) is 36.3. The monoisotopic (exact) mass is 1070 g/mol. The number of imidazole rings is 1. The van der Waals surface area contributed by atoms with Crippen molar-refractivity contribution in [1.82, 2.24) is 51.7 Å². The minimum atomic E-state index is -1.41. The molecule has 9 atom stereocenters. The molecular weight excluding hydrogens is 997 g/mol. The number of H-pyrrole nitrogens is 1. The van der Waals surface area contributed by atoms with E-state index in [0.29, 0.717) is 29.7 Å². The van der Waals surface area contributed by atoms with E-state index in [2.05, 4.69) is 46.9 Å². The number of carbonyl (C=O) groups excluding carboxylic acids is 8. The number of aromatic amines is 1. The number of hydrogen-bond acceptors (Lipinski definition) is 13. The molecule has 0 bridgehead atoms. The van der Waals surface area contributed by atoms with Crippen LogP contribution in [0, 0.1) is 11.8 Å². The fourth-order valence-corrected chi connectivity index (χ4v) is 8.50. The van der Waals surface area contributed by atoms with E-state index in [4.69, 9.17) is 17.2 Å². The van der Waals surface area contributed by atoms with Crippen molar-refractivity contribution in [3.63, 3.8) is 0 Å². The van der Waals surface area contributed by atoms with Gasteiger partial charge in [-0.15, -0.1) is 0 Å². The Morgan fingerprint density at radius 2 is 1.36 bits per heavy atom. The molecule has 0 saturated carbocycles. The van der Waals surface area contributed by atoms with E-state index in [9.17, 15) is 53.4 Å². The van der Waals surface area contributed by atoms with Crippen molar-refractivity contribution in [2.45, 2.75) is 134 Å². The van der Waals surface area contributed by atoms with Gasteiger partial charge in [0.25, 0.3) is 0 Å². The highest BCUT2D eigenvalue weighted by Gasteiger charge is 2.41. The number of nitrogens with two attached hydrogens (primary N) is 3. The van der Waals surface area contributed by atoms with E-state index >= 15 is 0 Å². The van der Waals surface area contributed by atoms with Crippen LogP contribution in [0.4, 0.5) is 0 Å². The van der Waals surface area contributed by atoms with Gasteiger partial charge in [0.2, 0.25) is 47.3 Å². The molecule has 1 saturated heterocycles. The Labute approximate surface area is 447 Å². The number of aliphatic imine (C=N–C) groups is 1. The molecule has 0 spiro atoms. The number of likely N-dealkylation sites (tertiary alicyclic amines) is 1. The number of amides is 8. The minimum absolute atomic E-state index is 0.00244. The van der Waals surface area contributed by atoms with Crippen molar-refractivity contribution in [2.75, 3.05) is 27.2 Å². The molecule has 0 radical (unpaired) electrons. The van der Waals surface area contributed by atoms with Crippen LogP contribution in [-0.4, -0.2) is 165 Å². The lowest BCUT2D eigenvalue weighted by atomic mass is 9.96. The van der Waals surface area contributed by atoms with Crippen LogP contribution in [0.1, 0.15) is 83.0 Å². The molecule has 1 fully saturated rings. The zero-order valence-corrected chi connectivity index (χ0v) is 44.5. The molecule has 77 heavy (non-hydrogen) atoms. The van der Waals surface area contributed by atoms with Crippen LogP contribution in [0.25, 0.3) is 0 Å². The van der Waals surface area contributed by atoms with Crippen molar-refractivity contribution in [3.8, 4) is 5.75 Å². The average Bonchev–Trinajstić information content (AvgIpc) is 4.11. The second-order valence-corrected chi connectivity index (χ2v) is 19.8. The number of carboxylic acid groups (broad SMARTS) is 1. The van der Waals surface area contributed by atoms with Crippen molar-refractivity contribution >= 4 is 59.2 Å². The van der Waals surface area contributed by atoms with Crippen LogP contribution in [0.5, 0.6) is 5.75 Å². The van der Waals surface area contributed by atoms with Gasteiger partial charge in [-0.2, -0.15) is 0 Å². The molecular formula is C52H76N14O11. The lowest BCUT2D eigenvalue weighted by Gasteiger charge is -2.32. The number of benzene rings is 2. The van der Waals surface area contributed by atoms with Crippen molar-refractivity contribution in [2.24, 2.45) is 34.0 Å². The quantitative estimate of drug-likeness (QED) is 0.0218. The Kier molecular flexibility index (Phi) is 23.8. The van der Waals surface area contributed by atoms with E-state index in [1.165, 1.54) is 60.7 Å². The molecule has 420 valence electrons. The maximum Gasteiger partial charge on any atom is 0.326 e. The van der Waals surface area contributed by atoms with Gasteiger partial charge in [0, 0.05) is 58.3 Å². The summed E-state index contributed by atoms with van der Waals surface area (Å²) < 4.78 is 0. The number of rotatable bonds is 29. The van der Waals surface area contributed by atoms with Crippen molar-refractivity contribution < 1.29 is 53.4 Å². The van der Waals surface area contributed by atoms with Gasteiger partial charge >= 0.3 is 5.97 Å². The van der Waals surface area contributed by atoms with Crippen LogP contribution in [-0.2, 0) is 62.4 Å². The van der Waals surface area contributed by atoms with Gasteiger partial charge in [-0.25, -0.2) is 9.78 Å². The first-order valence-corrected chi connectivity index (χ1v) is 25.6. The minimum Gasteiger partial charge on any atom is -0.508 e. The van der Waals surface area contributed by atoms with Crippen LogP contribution >= 0.6 is 0 Å². The maximum absolute atomic E-state index is 14.6. The zero-order valence-electron chi connectivity index (χ0n) is 44.5. The SMILES string of the molecule is CC[C@H](C)[C@H](NC(=O)[C@H](Cc1ccc(O)cc1)NC(=O)[C@@H](NC(=O)[C@H](CCCN=C(N)N)NC(=O)[C@@H](N)CC(=O)N(C)C)C(C)C)C(=O)N[C@@H](Cc1cnc[nH]1)C(=O)N1CCC[C@@H]1C(=O)N[C@@H](Cc1ccccc1)C(=O)O. The molecule has 1 aliphatic heterocycles. The maximum atomic E-state index is 14.6. The second kappa shape index (κ2) is 29.9. The summed E-state index contributed by atoms with van der Waals surface area (Å²) in [4.78, 5) is 137. The summed E-state index contributed by atoms with van der Waals surface area (Å²) in [6.45, 7) is 7.02. The molecule has 2 heterocycles. The predicted octanol–water partition coefficient (Wildman–Crippen LogP) is -1.31. The third kappa shape index (κ3) is 19.2. The number of phenolic OH excluding ortho intramolecular Hbond substituents is 1. The highest BCUT2D eigenvalue weighted by molar-refractivity contribution is 5.98. The number of aliphatic carboxylic acids is 1. The van der Waals surface area contributed by atoms with E-state index in [-0.39, 0.29) is 69.7 Å². The second-order valence-electron chi connectivity index (χ2n) is 19.8. The first-order chi connectivity index (χ1) is 36.5. The summed E-state index contributed by atoms with van der Waals surface area (Å²) in [5.41, 5.74) is 18.6. The van der Waals surface area contributed by atoms with E-state index in [1.807, 2.05) is 0 Å². The Balaban J connectivity index is 1.59. The summed E-state index contributed by atoms with van der Waals surface area (Å²) in [6.07, 6.45) is 3.46. The lowest BCUT2D eigenvalue weighted by Crippen LogP contribution is -2.62. The molecule has 0 aliphatic carbocycles. The molecule has 25 heteroatoms. The van der Waals surface area contributed by atoms with Crippen LogP contribution in [0.3, 0.4) is 0 Å². The Morgan fingerprint density at radius 1 is 0.766 bits per heavy atom. The number of aromatic nitrogens is 2. The molecule has 1 aliphatic rings. The Bertz CT molecular complexity index is 2500. The molecule has 2 aromatic carbocycles. The van der Waals surface area contributed by atoms with Gasteiger partial charge in [0.1, 0.15) is 48.0 Å². The molecule has 8 amide bonds. The molecule has 25 nitrogen and oxygen atoms in total. The average molecular weight is 1070 g/mol. The highest BCUT2D eigenvalue weighted by atomic mass is 16.4. The van der Waals surface area contributed by atoms with Gasteiger partial charge in [0.15, 0.2) is 5.96 Å². The molecule has 15 N–H and O–H groups in total. The number of aromatic hydroxyl groups is 1. The van der Waals surface area contributed by atoms with Crippen molar-refractivity contribution in [3.05, 3.63) is 83.9 Å². The Morgan fingerprint density at radius 3 is 1.96 bits per heavy atom. The number of carbonyl (C=O) groups is 9. The molecule has 0 unspecified atom stereocenters. The van der Waals surface area contributed by atoms with E-state index in [0.717, 1.165) is 0 Å². The number of nitrogens with one attached hydrogen (secondary N) is 7. The van der Waals surface area contributed by atoms with Crippen molar-refractivity contribution in [1.29, 1.82) is 0 Å². The fourth-order valence-electron chi connectivity index (χ4n) is 8.50. The van der Waals surface area contributed by atoms with Gasteiger partial charge in [-0.05, 0) is 60.8 Å². The number of carboxylic acids is 1. The normalized spacial score (nSPS) is 16.2. The molecule has 3 aromatic rings. The standard InChI is InChI=1S/C52H76N14O11/c1-7-30(4)43(49(74)61-38(25-33-27-56-28-58-33)50(75)66-22-12-16-40(66)47(72)62-39(51(76)77)24-31-13-9-8-10-14-31)64-46(71)37(23-32-17-19-34(67)20-18-32)60-48(73)42(29(2)3)63-45(70)36(15-11-21-57-52(54)55)59-44(69)35(53)26-41(68)65(5)6/h8-10,13-14,17-20,27-30,35-40,42-43,67H,7,11-12,15-16,21-26,53H2,1-6H3,(H,56,58)(H,59,69)(H,60,73)(H,61,74)(H,62,72)(H,63,70)(H,64,71)(H,76,77)(H4,54,55,57)/t30-,35-,36-,37-,38-,39-,40+,42-,43-/m0/s1. The summed E-state index contributed by atoms with van der Waals surface area (Å²) in [5.74, 6) is -8.38. The van der Waals surface area contributed by atoms with Crippen LogP contribution < -0.4 is 49.1 Å². The first-order valence-electron chi connectivity index (χ1n) is 25.6. The fraction of sp³-hybridized carbons (Fsp3) is 0.519. The van der Waals surface area contributed by atoms with Gasteiger partial charge in [-0.1, -0.05) is 76.6 Å². The summed E-state index contributed by atoms with van der Waals surface area (Å²) in [6, 6.07) is 4.37. The van der Waals surface area contributed by atoms with Gasteiger partial charge in [-0.3, -0.25) is 43.3 Å². The number of guanidine groups is 1. The topological polar surface area (TPSA) is 392 Å². The van der Waals surface area contributed by atoms with Gasteiger partial charge < -0.3 is 74.1 Å².